The van der Waals surface area contributed by atoms with Crippen molar-refractivity contribution in [3.8, 4) is 6.07 Å². The molecule has 0 aromatic carbocycles. The van der Waals surface area contributed by atoms with Crippen LogP contribution in [0.1, 0.15) is 24.8 Å². The zero-order valence-electron chi connectivity index (χ0n) is 11.0. The summed E-state index contributed by atoms with van der Waals surface area (Å²) < 4.78 is 0. The van der Waals surface area contributed by atoms with Crippen molar-refractivity contribution in [2.24, 2.45) is 5.92 Å². The minimum Gasteiger partial charge on any atom is -0.396 e. The first kappa shape index (κ1) is 14.2. The Bertz CT molecular complexity index is 539. The van der Waals surface area contributed by atoms with E-state index in [1.807, 2.05) is 11.0 Å². The summed E-state index contributed by atoms with van der Waals surface area (Å²) in [5, 5.41) is 28.9. The van der Waals surface area contributed by atoms with Gasteiger partial charge in [-0.1, -0.05) is 0 Å². The van der Waals surface area contributed by atoms with Crippen molar-refractivity contribution in [2.75, 3.05) is 24.6 Å². The molecule has 2 heterocycles. The molecule has 1 unspecified atom stereocenters. The lowest BCUT2D eigenvalue weighted by molar-refractivity contribution is -0.385. The largest absolute Gasteiger partial charge is 0.396 e. The van der Waals surface area contributed by atoms with Crippen molar-refractivity contribution >= 4 is 11.5 Å². The van der Waals surface area contributed by atoms with E-state index >= 15 is 0 Å². The van der Waals surface area contributed by atoms with Crippen molar-refractivity contribution in [3.63, 3.8) is 0 Å². The first-order valence-corrected chi connectivity index (χ1v) is 6.56. The number of rotatable bonds is 4. The lowest BCUT2D eigenvalue weighted by Crippen LogP contribution is -2.36. The van der Waals surface area contributed by atoms with Crippen LogP contribution in [0.5, 0.6) is 0 Å². The van der Waals surface area contributed by atoms with Crippen molar-refractivity contribution in [3.05, 3.63) is 27.9 Å². The van der Waals surface area contributed by atoms with Gasteiger partial charge < -0.3 is 10.0 Å². The lowest BCUT2D eigenvalue weighted by atomic mass is 9.95. The molecule has 1 atom stereocenters. The van der Waals surface area contributed by atoms with Crippen LogP contribution in [0, 0.1) is 27.4 Å². The van der Waals surface area contributed by atoms with Crippen LogP contribution in [-0.2, 0) is 0 Å². The number of aliphatic hydroxyl groups is 1. The fourth-order valence-electron chi connectivity index (χ4n) is 2.56. The van der Waals surface area contributed by atoms with Gasteiger partial charge in [0.15, 0.2) is 0 Å². The molecule has 1 aliphatic heterocycles. The maximum atomic E-state index is 10.7. The normalized spacial score (nSPS) is 18.6. The number of nitro groups is 1. The summed E-state index contributed by atoms with van der Waals surface area (Å²) >= 11 is 0. The minimum atomic E-state index is -0.553. The number of hydrogen-bond donors (Lipinski definition) is 1. The molecule has 1 N–H and O–H groups in total. The van der Waals surface area contributed by atoms with Crippen LogP contribution in [0.2, 0.25) is 0 Å². The highest BCUT2D eigenvalue weighted by Gasteiger charge is 2.23. The van der Waals surface area contributed by atoms with E-state index in [0.29, 0.717) is 11.7 Å². The van der Waals surface area contributed by atoms with Gasteiger partial charge in [0.25, 0.3) is 5.69 Å². The summed E-state index contributed by atoms with van der Waals surface area (Å²) in [5.41, 5.74) is 0.0538. The molecule has 7 nitrogen and oxygen atoms in total. The Morgan fingerprint density at radius 2 is 2.45 bits per heavy atom. The van der Waals surface area contributed by atoms with Gasteiger partial charge in [-0.3, -0.25) is 10.1 Å². The predicted octanol–water partition coefficient (Wildman–Crippen LogP) is 1.46. The van der Waals surface area contributed by atoms with Gasteiger partial charge in [-0.15, -0.1) is 0 Å². The number of nitrogens with zero attached hydrogens (tertiary/aromatic N) is 4. The number of piperidine rings is 1. The number of aliphatic hydroxyl groups excluding tert-OH is 1. The molecule has 1 aromatic rings. The summed E-state index contributed by atoms with van der Waals surface area (Å²) in [7, 11) is 0. The number of hydrogen-bond acceptors (Lipinski definition) is 6. The number of anilines is 1. The Hall–Kier alpha value is -2.20. The second-order valence-corrected chi connectivity index (χ2v) is 4.90. The lowest BCUT2D eigenvalue weighted by Gasteiger charge is -2.33. The van der Waals surface area contributed by atoms with Gasteiger partial charge in [-0.25, -0.2) is 4.98 Å². The monoisotopic (exact) mass is 276 g/mol. The summed E-state index contributed by atoms with van der Waals surface area (Å²) in [6.07, 6.45) is 3.93. The van der Waals surface area contributed by atoms with Gasteiger partial charge >= 0.3 is 0 Å². The van der Waals surface area contributed by atoms with E-state index in [0.717, 1.165) is 32.4 Å². The van der Waals surface area contributed by atoms with E-state index in [9.17, 15) is 10.1 Å². The topological polar surface area (TPSA) is 103 Å². The third-order valence-corrected chi connectivity index (χ3v) is 3.54. The van der Waals surface area contributed by atoms with Crippen LogP contribution >= 0.6 is 0 Å². The molecule has 0 spiro atoms. The van der Waals surface area contributed by atoms with E-state index in [1.54, 1.807) is 0 Å². The maximum absolute atomic E-state index is 10.7. The van der Waals surface area contributed by atoms with Gasteiger partial charge in [-0.2, -0.15) is 5.26 Å². The fourth-order valence-corrected chi connectivity index (χ4v) is 2.56. The second kappa shape index (κ2) is 6.30. The molecule has 1 aliphatic rings. The summed E-state index contributed by atoms with van der Waals surface area (Å²) in [6, 6.07) is 3.24. The molecule has 0 amide bonds. The van der Waals surface area contributed by atoms with Crippen LogP contribution in [0.4, 0.5) is 11.5 Å². The van der Waals surface area contributed by atoms with Gasteiger partial charge in [0, 0.05) is 25.8 Å². The van der Waals surface area contributed by atoms with Crippen molar-refractivity contribution in [1.82, 2.24) is 4.98 Å². The second-order valence-electron chi connectivity index (χ2n) is 4.90. The quantitative estimate of drug-likeness (QED) is 0.659. The molecule has 2 rings (SSSR count). The number of pyridine rings is 1. The van der Waals surface area contributed by atoms with Crippen LogP contribution in [0.25, 0.3) is 0 Å². The molecular formula is C13H16N4O3. The molecule has 0 bridgehead atoms. The maximum Gasteiger partial charge on any atom is 0.289 e. The van der Waals surface area contributed by atoms with Crippen LogP contribution in [0.3, 0.4) is 0 Å². The SMILES string of the molecule is N#Cc1cc([N+](=O)[O-])cnc1N1CCCC(CCO)C1. The molecule has 0 saturated carbocycles. The van der Waals surface area contributed by atoms with Gasteiger partial charge in [0.2, 0.25) is 0 Å². The summed E-state index contributed by atoms with van der Waals surface area (Å²) in [4.78, 5) is 16.2. The van der Waals surface area contributed by atoms with E-state index < -0.39 is 4.92 Å². The molecule has 20 heavy (non-hydrogen) atoms. The highest BCUT2D eigenvalue weighted by molar-refractivity contribution is 5.57. The molecule has 0 radical (unpaired) electrons. The smallest absolute Gasteiger partial charge is 0.289 e. The minimum absolute atomic E-state index is 0.150. The average Bonchev–Trinajstić information content (AvgIpc) is 2.47. The van der Waals surface area contributed by atoms with E-state index in [1.165, 1.54) is 12.3 Å². The summed E-state index contributed by atoms with van der Waals surface area (Å²) in [5.74, 6) is 0.873. The molecule has 0 aliphatic carbocycles. The van der Waals surface area contributed by atoms with Gasteiger partial charge in [0.1, 0.15) is 23.6 Å². The first-order chi connectivity index (χ1) is 9.65. The molecule has 1 fully saturated rings. The zero-order valence-corrected chi connectivity index (χ0v) is 11.0. The van der Waals surface area contributed by atoms with E-state index in [-0.39, 0.29) is 17.9 Å². The highest BCUT2D eigenvalue weighted by Crippen LogP contribution is 2.27. The molecular weight excluding hydrogens is 260 g/mol. The first-order valence-electron chi connectivity index (χ1n) is 6.56. The van der Waals surface area contributed by atoms with Gasteiger partial charge in [0.05, 0.1) is 4.92 Å². The standard InChI is InChI=1S/C13H16N4O3/c14-7-11-6-12(17(19)20)8-15-13(11)16-4-1-2-10(9-16)3-5-18/h6,8,10,18H,1-5,9H2. The van der Waals surface area contributed by atoms with E-state index in [4.69, 9.17) is 10.4 Å². The van der Waals surface area contributed by atoms with Crippen molar-refractivity contribution in [2.45, 2.75) is 19.3 Å². The number of nitriles is 1. The molecule has 106 valence electrons. The Kier molecular flexibility index (Phi) is 4.48. The Morgan fingerprint density at radius 1 is 1.65 bits per heavy atom. The van der Waals surface area contributed by atoms with Crippen LogP contribution in [-0.4, -0.2) is 34.7 Å². The van der Waals surface area contributed by atoms with Crippen molar-refractivity contribution < 1.29 is 10.0 Å². The Labute approximate surface area is 116 Å². The Morgan fingerprint density at radius 3 is 3.10 bits per heavy atom. The predicted molar refractivity (Wildman–Crippen MR) is 72.2 cm³/mol. The third kappa shape index (κ3) is 3.03. The highest BCUT2D eigenvalue weighted by atomic mass is 16.6. The van der Waals surface area contributed by atoms with Crippen molar-refractivity contribution in [1.29, 1.82) is 5.26 Å². The van der Waals surface area contributed by atoms with E-state index in [2.05, 4.69) is 4.98 Å². The zero-order chi connectivity index (χ0) is 14.5. The van der Waals surface area contributed by atoms with Gasteiger partial charge in [-0.05, 0) is 25.2 Å². The van der Waals surface area contributed by atoms with Crippen LogP contribution < -0.4 is 4.90 Å². The van der Waals surface area contributed by atoms with Crippen LogP contribution in [0.15, 0.2) is 12.3 Å². The summed E-state index contributed by atoms with van der Waals surface area (Å²) in [6.45, 7) is 1.65. The number of aromatic nitrogens is 1. The fraction of sp³-hybridized carbons (Fsp3) is 0.538. The molecule has 1 aromatic heterocycles. The average molecular weight is 276 g/mol. The Balaban J connectivity index is 2.23. The molecule has 1 saturated heterocycles. The molecule has 7 heteroatoms. The third-order valence-electron chi connectivity index (χ3n) is 3.54.